The van der Waals surface area contributed by atoms with Crippen molar-refractivity contribution in [1.82, 2.24) is 4.90 Å². The van der Waals surface area contributed by atoms with E-state index in [-0.39, 0.29) is 36.4 Å². The summed E-state index contributed by atoms with van der Waals surface area (Å²) in [5, 5.41) is 11.0. The molecule has 0 bridgehead atoms. The van der Waals surface area contributed by atoms with Crippen LogP contribution < -0.4 is 5.73 Å². The summed E-state index contributed by atoms with van der Waals surface area (Å²) in [6.07, 6.45) is 0. The predicted octanol–water partition coefficient (Wildman–Crippen LogP) is 1.31. The zero-order valence-electron chi connectivity index (χ0n) is 8.29. The highest BCUT2D eigenvalue weighted by Gasteiger charge is 2.27. The summed E-state index contributed by atoms with van der Waals surface area (Å²) in [5.74, 6) is -0.0652. The minimum Gasteiger partial charge on any atom is -0.409 e. The molecule has 0 atom stereocenters. The maximum absolute atomic E-state index is 11.8. The third kappa shape index (κ3) is 8.37. The lowest BCUT2D eigenvalue weighted by Crippen LogP contribution is -2.35. The summed E-state index contributed by atoms with van der Waals surface area (Å²) in [5.41, 5.74) is 1.04. The van der Waals surface area contributed by atoms with E-state index in [2.05, 4.69) is 5.16 Å². The Kier molecular flexibility index (Phi) is 6.50. The van der Waals surface area contributed by atoms with Crippen molar-refractivity contribution < 1.29 is 18.4 Å². The molecule has 0 aromatic heterocycles. The zero-order chi connectivity index (χ0) is 11.9. The Balaban J connectivity index is 3.81. The fraction of sp³-hybridized carbons (Fsp3) is 0.857. The first-order valence-corrected chi connectivity index (χ1v) is 5.27. The standard InChI is InChI=1S/C7H14F3N3OS/c1-2-13(5-6(11)12-14)3-4-15-7(8,9)10/h14H,2-5H2,1H3,(H2,11,12). The molecule has 3 N–H and O–H groups in total. The summed E-state index contributed by atoms with van der Waals surface area (Å²) in [7, 11) is 0. The maximum Gasteiger partial charge on any atom is 0.441 e. The average Bonchev–Trinajstić information content (AvgIpc) is 2.14. The first-order valence-electron chi connectivity index (χ1n) is 4.28. The fourth-order valence-corrected chi connectivity index (χ4v) is 1.48. The van der Waals surface area contributed by atoms with Gasteiger partial charge >= 0.3 is 5.51 Å². The SMILES string of the molecule is CCN(CCSC(F)(F)F)CC(N)=NO. The second kappa shape index (κ2) is 6.78. The summed E-state index contributed by atoms with van der Waals surface area (Å²) >= 11 is -0.0729. The number of amidine groups is 1. The van der Waals surface area contributed by atoms with Crippen LogP contribution in [0.25, 0.3) is 0 Å². The summed E-state index contributed by atoms with van der Waals surface area (Å²) < 4.78 is 35.4. The molecule has 0 spiro atoms. The van der Waals surface area contributed by atoms with Gasteiger partial charge in [0.15, 0.2) is 5.84 Å². The van der Waals surface area contributed by atoms with E-state index >= 15 is 0 Å². The molecule has 0 saturated heterocycles. The number of oxime groups is 1. The van der Waals surface area contributed by atoms with Gasteiger partial charge in [-0.2, -0.15) is 13.2 Å². The van der Waals surface area contributed by atoms with E-state index in [9.17, 15) is 13.2 Å². The Hall–Kier alpha value is -0.630. The minimum absolute atomic E-state index is 0.00569. The van der Waals surface area contributed by atoms with E-state index in [4.69, 9.17) is 10.9 Å². The van der Waals surface area contributed by atoms with Gasteiger partial charge in [0, 0.05) is 12.3 Å². The molecular weight excluding hydrogens is 231 g/mol. The number of nitrogens with two attached hydrogens (primary N) is 1. The van der Waals surface area contributed by atoms with Gasteiger partial charge in [0.25, 0.3) is 0 Å². The van der Waals surface area contributed by atoms with Crippen molar-refractivity contribution in [2.75, 3.05) is 25.4 Å². The van der Waals surface area contributed by atoms with Crippen LogP contribution in [0.15, 0.2) is 5.16 Å². The molecule has 0 aliphatic heterocycles. The lowest BCUT2D eigenvalue weighted by molar-refractivity contribution is -0.0328. The molecule has 90 valence electrons. The highest BCUT2D eigenvalue weighted by molar-refractivity contribution is 8.00. The number of thioether (sulfide) groups is 1. The predicted molar refractivity (Wildman–Crippen MR) is 54.0 cm³/mol. The van der Waals surface area contributed by atoms with Crippen LogP contribution in [0.5, 0.6) is 0 Å². The van der Waals surface area contributed by atoms with Crippen LogP contribution in [0.2, 0.25) is 0 Å². The third-order valence-corrected chi connectivity index (χ3v) is 2.35. The Morgan fingerprint density at radius 3 is 2.53 bits per heavy atom. The Labute approximate surface area is 90.3 Å². The van der Waals surface area contributed by atoms with Gasteiger partial charge in [0.2, 0.25) is 0 Å². The van der Waals surface area contributed by atoms with Crippen LogP contribution in [-0.2, 0) is 0 Å². The molecule has 0 amide bonds. The van der Waals surface area contributed by atoms with Crippen LogP contribution in [0.3, 0.4) is 0 Å². The molecule has 0 heterocycles. The molecule has 8 heteroatoms. The zero-order valence-corrected chi connectivity index (χ0v) is 9.11. The molecule has 0 radical (unpaired) electrons. The van der Waals surface area contributed by atoms with E-state index in [0.717, 1.165) is 0 Å². The normalized spacial score (nSPS) is 13.5. The van der Waals surface area contributed by atoms with Gasteiger partial charge in [0.1, 0.15) is 0 Å². The molecular formula is C7H14F3N3OS. The largest absolute Gasteiger partial charge is 0.441 e. The van der Waals surface area contributed by atoms with Crippen LogP contribution in [-0.4, -0.2) is 46.8 Å². The van der Waals surface area contributed by atoms with Crippen molar-refractivity contribution in [2.45, 2.75) is 12.4 Å². The second-order valence-electron chi connectivity index (χ2n) is 2.75. The molecule has 0 unspecified atom stereocenters. The van der Waals surface area contributed by atoms with Crippen LogP contribution >= 0.6 is 11.8 Å². The van der Waals surface area contributed by atoms with E-state index in [1.807, 2.05) is 0 Å². The monoisotopic (exact) mass is 245 g/mol. The smallest absolute Gasteiger partial charge is 0.409 e. The topological polar surface area (TPSA) is 61.8 Å². The molecule has 15 heavy (non-hydrogen) atoms. The maximum atomic E-state index is 11.8. The van der Waals surface area contributed by atoms with Gasteiger partial charge < -0.3 is 10.9 Å². The van der Waals surface area contributed by atoms with E-state index < -0.39 is 5.51 Å². The van der Waals surface area contributed by atoms with E-state index in [1.165, 1.54) is 0 Å². The molecule has 0 aromatic rings. The quantitative estimate of drug-likeness (QED) is 0.320. The second-order valence-corrected chi connectivity index (χ2v) is 3.91. The van der Waals surface area contributed by atoms with Crippen molar-refractivity contribution in [3.63, 3.8) is 0 Å². The lowest BCUT2D eigenvalue weighted by Gasteiger charge is -2.19. The number of hydrogen-bond donors (Lipinski definition) is 2. The molecule has 0 aliphatic carbocycles. The highest BCUT2D eigenvalue weighted by atomic mass is 32.2. The van der Waals surface area contributed by atoms with Crippen LogP contribution in [0.1, 0.15) is 6.92 Å². The number of nitrogens with zero attached hydrogens (tertiary/aromatic N) is 2. The third-order valence-electron chi connectivity index (χ3n) is 1.63. The van der Waals surface area contributed by atoms with Gasteiger partial charge in [0.05, 0.1) is 6.54 Å². The number of likely N-dealkylation sites (N-methyl/N-ethyl adjacent to an activating group) is 1. The van der Waals surface area contributed by atoms with Gasteiger partial charge in [-0.05, 0) is 18.3 Å². The summed E-state index contributed by atoms with van der Waals surface area (Å²) in [6.45, 7) is 2.76. The molecule has 0 aliphatic rings. The highest BCUT2D eigenvalue weighted by Crippen LogP contribution is 2.29. The fourth-order valence-electron chi connectivity index (χ4n) is 0.900. The number of alkyl halides is 3. The van der Waals surface area contributed by atoms with Gasteiger partial charge in [-0.25, -0.2) is 0 Å². The first kappa shape index (κ1) is 14.4. The van der Waals surface area contributed by atoms with Crippen molar-refractivity contribution in [3.8, 4) is 0 Å². The van der Waals surface area contributed by atoms with Crippen molar-refractivity contribution in [3.05, 3.63) is 0 Å². The van der Waals surface area contributed by atoms with Crippen molar-refractivity contribution >= 4 is 17.6 Å². The Morgan fingerprint density at radius 2 is 2.13 bits per heavy atom. The van der Waals surface area contributed by atoms with Crippen molar-refractivity contribution in [2.24, 2.45) is 10.9 Å². The molecule has 0 fully saturated rings. The van der Waals surface area contributed by atoms with E-state index in [0.29, 0.717) is 6.54 Å². The number of hydrogen-bond acceptors (Lipinski definition) is 4. The lowest BCUT2D eigenvalue weighted by atomic mass is 10.4. The molecule has 0 saturated carbocycles. The molecule has 0 rings (SSSR count). The summed E-state index contributed by atoms with van der Waals surface area (Å²) in [4.78, 5) is 1.66. The van der Waals surface area contributed by atoms with Gasteiger partial charge in [-0.3, -0.25) is 4.90 Å². The average molecular weight is 245 g/mol. The molecule has 4 nitrogen and oxygen atoms in total. The molecule has 0 aromatic carbocycles. The van der Waals surface area contributed by atoms with Gasteiger partial charge in [-0.1, -0.05) is 12.1 Å². The number of rotatable bonds is 6. The van der Waals surface area contributed by atoms with Crippen LogP contribution in [0.4, 0.5) is 13.2 Å². The first-order chi connectivity index (χ1) is 6.89. The van der Waals surface area contributed by atoms with Crippen molar-refractivity contribution in [1.29, 1.82) is 0 Å². The number of halogens is 3. The van der Waals surface area contributed by atoms with Gasteiger partial charge in [-0.15, -0.1) is 0 Å². The summed E-state index contributed by atoms with van der Waals surface area (Å²) in [6, 6.07) is 0. The Morgan fingerprint density at radius 1 is 1.53 bits per heavy atom. The van der Waals surface area contributed by atoms with Crippen LogP contribution in [0, 0.1) is 0 Å². The van der Waals surface area contributed by atoms with E-state index in [1.54, 1.807) is 11.8 Å². The minimum atomic E-state index is -4.20. The Bertz CT molecular complexity index is 210.